The molecule has 1 heterocycles. The van der Waals surface area contributed by atoms with E-state index in [9.17, 15) is 9.90 Å². The van der Waals surface area contributed by atoms with E-state index in [0.29, 0.717) is 0 Å². The van der Waals surface area contributed by atoms with Gasteiger partial charge in [-0.3, -0.25) is 4.79 Å². The van der Waals surface area contributed by atoms with E-state index in [4.69, 9.17) is 15.7 Å². The van der Waals surface area contributed by atoms with Crippen LogP contribution >= 0.6 is 0 Å². The van der Waals surface area contributed by atoms with Crippen LogP contribution in [0.2, 0.25) is 0 Å². The highest BCUT2D eigenvalue weighted by molar-refractivity contribution is 5.79. The van der Waals surface area contributed by atoms with Gasteiger partial charge in [-0.2, -0.15) is 0 Å². The zero-order chi connectivity index (χ0) is 10.7. The van der Waals surface area contributed by atoms with E-state index in [2.05, 4.69) is 14.8 Å². The summed E-state index contributed by atoms with van der Waals surface area (Å²) in [6, 6.07) is -1.36. The summed E-state index contributed by atoms with van der Waals surface area (Å²) in [5.74, 6) is -0.909. The van der Waals surface area contributed by atoms with Gasteiger partial charge in [0.25, 0.3) is 0 Å². The first-order valence-electron chi connectivity index (χ1n) is 3.83. The second kappa shape index (κ2) is 4.25. The van der Waals surface area contributed by atoms with Gasteiger partial charge in [0, 0.05) is 4.91 Å². The lowest BCUT2D eigenvalue weighted by atomic mass is 10.1. The first kappa shape index (κ1) is 10.7. The molecule has 1 saturated heterocycles. The average Bonchev–Trinajstić information content (AvgIpc) is 2.45. The van der Waals surface area contributed by atoms with E-state index in [0.717, 1.165) is 0 Å². The Bertz CT molecular complexity index is 277. The van der Waals surface area contributed by atoms with E-state index >= 15 is 0 Å². The molecular weight excluding hydrogens is 194 g/mol. The van der Waals surface area contributed by atoms with Crippen LogP contribution in [0.4, 0.5) is 0 Å². The van der Waals surface area contributed by atoms with Gasteiger partial charge in [0.2, 0.25) is 0 Å². The van der Waals surface area contributed by atoms with Gasteiger partial charge >= 0.3 is 5.97 Å². The molecule has 1 aliphatic rings. The molecule has 1 rings (SSSR count). The number of azide groups is 1. The van der Waals surface area contributed by atoms with Crippen molar-refractivity contribution in [3.8, 4) is 0 Å². The summed E-state index contributed by atoms with van der Waals surface area (Å²) in [6.07, 6.45) is -4.06. The highest BCUT2D eigenvalue weighted by atomic mass is 16.6. The number of aliphatic hydroxyl groups excluding tert-OH is 3. The molecule has 14 heavy (non-hydrogen) atoms. The maximum atomic E-state index is 11.0. The molecule has 0 aromatic heterocycles. The summed E-state index contributed by atoms with van der Waals surface area (Å²) in [6.45, 7) is -0.655. The smallest absolute Gasteiger partial charge is 0.318 e. The van der Waals surface area contributed by atoms with E-state index < -0.39 is 36.9 Å². The van der Waals surface area contributed by atoms with Gasteiger partial charge in [-0.15, -0.1) is 0 Å². The van der Waals surface area contributed by atoms with Crippen LogP contribution < -0.4 is 0 Å². The van der Waals surface area contributed by atoms with Gasteiger partial charge < -0.3 is 20.1 Å². The van der Waals surface area contributed by atoms with Crippen LogP contribution in [-0.4, -0.2) is 52.2 Å². The van der Waals surface area contributed by atoms with Crippen molar-refractivity contribution in [3.05, 3.63) is 10.4 Å². The van der Waals surface area contributed by atoms with Crippen molar-refractivity contribution < 1.29 is 24.9 Å². The Balaban J connectivity index is 2.78. The Labute approximate surface area is 78.3 Å². The molecule has 4 unspecified atom stereocenters. The Hall–Kier alpha value is -1.34. The Kier molecular flexibility index (Phi) is 3.26. The molecule has 3 N–H and O–H groups in total. The lowest BCUT2D eigenvalue weighted by Crippen LogP contribution is -2.39. The molecule has 0 bridgehead atoms. The maximum Gasteiger partial charge on any atom is 0.318 e. The minimum atomic E-state index is -1.43. The van der Waals surface area contributed by atoms with Crippen molar-refractivity contribution in [1.29, 1.82) is 0 Å². The number of ether oxygens (including phenoxy) is 1. The minimum Gasteiger partial charge on any atom is -0.456 e. The predicted octanol–water partition coefficient (Wildman–Crippen LogP) is -1.70. The molecular formula is C6H9N3O5. The zero-order valence-electron chi connectivity index (χ0n) is 7.02. The van der Waals surface area contributed by atoms with Crippen LogP contribution in [0.15, 0.2) is 5.11 Å². The molecule has 4 atom stereocenters. The number of rotatable bonds is 3. The number of carbonyl (C=O) groups is 1. The van der Waals surface area contributed by atoms with Gasteiger partial charge in [0.1, 0.15) is 12.2 Å². The summed E-state index contributed by atoms with van der Waals surface area (Å²) >= 11 is 0. The largest absolute Gasteiger partial charge is 0.456 e. The van der Waals surface area contributed by atoms with Crippen molar-refractivity contribution in [3.63, 3.8) is 0 Å². The van der Waals surface area contributed by atoms with Crippen molar-refractivity contribution in [2.24, 2.45) is 5.11 Å². The molecule has 8 heteroatoms. The summed E-state index contributed by atoms with van der Waals surface area (Å²) in [5, 5.41) is 30.1. The number of cyclic esters (lactones) is 1. The van der Waals surface area contributed by atoms with Gasteiger partial charge in [-0.25, -0.2) is 0 Å². The normalized spacial score (nSPS) is 33.4. The highest BCUT2D eigenvalue weighted by Crippen LogP contribution is 2.21. The fourth-order valence-corrected chi connectivity index (χ4v) is 1.17. The molecule has 0 aromatic rings. The molecule has 0 amide bonds. The van der Waals surface area contributed by atoms with E-state index in [-0.39, 0.29) is 0 Å². The Morgan fingerprint density at radius 3 is 2.86 bits per heavy atom. The fraction of sp³-hybridized carbons (Fsp3) is 0.833. The standard InChI is InChI=1S/C6H9N3O5/c7-9-8-3-4(12)5(2(11)1-10)14-6(3)13/h2-5,10-12H,1H2. The average molecular weight is 203 g/mol. The topological polar surface area (TPSA) is 136 Å². The highest BCUT2D eigenvalue weighted by Gasteiger charge is 2.46. The van der Waals surface area contributed by atoms with Crippen LogP contribution in [0.25, 0.3) is 10.4 Å². The lowest BCUT2D eigenvalue weighted by Gasteiger charge is -2.17. The molecule has 0 saturated carbocycles. The van der Waals surface area contributed by atoms with E-state index in [1.54, 1.807) is 0 Å². The zero-order valence-corrected chi connectivity index (χ0v) is 7.02. The first-order chi connectivity index (χ1) is 6.61. The predicted molar refractivity (Wildman–Crippen MR) is 41.9 cm³/mol. The molecule has 1 fully saturated rings. The van der Waals surface area contributed by atoms with Gasteiger partial charge in [0.05, 0.1) is 6.61 Å². The monoisotopic (exact) mass is 203 g/mol. The van der Waals surface area contributed by atoms with Crippen LogP contribution in [0.1, 0.15) is 0 Å². The Morgan fingerprint density at radius 2 is 2.36 bits per heavy atom. The van der Waals surface area contributed by atoms with Crippen molar-refractivity contribution >= 4 is 5.97 Å². The molecule has 1 aliphatic heterocycles. The van der Waals surface area contributed by atoms with Crippen molar-refractivity contribution in [2.75, 3.05) is 6.61 Å². The van der Waals surface area contributed by atoms with Gasteiger partial charge in [0.15, 0.2) is 12.1 Å². The second-order valence-corrected chi connectivity index (χ2v) is 2.79. The molecule has 78 valence electrons. The molecule has 8 nitrogen and oxygen atoms in total. The lowest BCUT2D eigenvalue weighted by molar-refractivity contribution is -0.148. The van der Waals surface area contributed by atoms with Gasteiger partial charge in [-0.05, 0) is 5.53 Å². The van der Waals surface area contributed by atoms with Crippen LogP contribution in [0.3, 0.4) is 0 Å². The number of hydrogen-bond acceptors (Lipinski definition) is 6. The summed E-state index contributed by atoms with van der Waals surface area (Å²) in [4.78, 5) is 13.3. The molecule has 0 aromatic carbocycles. The quantitative estimate of drug-likeness (QED) is 0.217. The second-order valence-electron chi connectivity index (χ2n) is 2.79. The summed E-state index contributed by atoms with van der Waals surface area (Å²) in [7, 11) is 0. The molecule has 0 spiro atoms. The third kappa shape index (κ3) is 1.78. The first-order valence-corrected chi connectivity index (χ1v) is 3.83. The molecule has 0 aliphatic carbocycles. The third-order valence-corrected chi connectivity index (χ3v) is 1.90. The SMILES string of the molecule is [N-]=[N+]=NC1C(=O)OC(C(O)CO)C1O. The van der Waals surface area contributed by atoms with E-state index in [1.807, 2.05) is 0 Å². The third-order valence-electron chi connectivity index (χ3n) is 1.90. The van der Waals surface area contributed by atoms with E-state index in [1.165, 1.54) is 0 Å². The number of nitrogens with zero attached hydrogens (tertiary/aromatic N) is 3. The van der Waals surface area contributed by atoms with Crippen LogP contribution in [-0.2, 0) is 9.53 Å². The minimum absolute atomic E-state index is 0.655. The number of carbonyl (C=O) groups excluding carboxylic acids is 1. The van der Waals surface area contributed by atoms with Crippen LogP contribution in [0, 0.1) is 0 Å². The van der Waals surface area contributed by atoms with Crippen molar-refractivity contribution in [1.82, 2.24) is 0 Å². The summed E-state index contributed by atoms with van der Waals surface area (Å²) < 4.78 is 4.53. The summed E-state index contributed by atoms with van der Waals surface area (Å²) in [5.41, 5.74) is 8.07. The maximum absolute atomic E-state index is 11.0. The number of aliphatic hydroxyl groups is 3. The fourth-order valence-electron chi connectivity index (χ4n) is 1.17. The Morgan fingerprint density at radius 1 is 1.71 bits per heavy atom. The molecule has 0 radical (unpaired) electrons. The van der Waals surface area contributed by atoms with Gasteiger partial charge in [-0.1, -0.05) is 5.11 Å². The van der Waals surface area contributed by atoms with Crippen molar-refractivity contribution in [2.45, 2.75) is 24.4 Å². The number of hydrogen-bond donors (Lipinski definition) is 3. The number of esters is 1. The van der Waals surface area contributed by atoms with Crippen LogP contribution in [0.5, 0.6) is 0 Å².